The van der Waals surface area contributed by atoms with Crippen molar-refractivity contribution in [1.82, 2.24) is 0 Å². The molecular weight excluding hydrogens is 311 g/mol. The molecule has 0 spiro atoms. The largest absolute Gasteiger partial charge is 1.00 e. The molecule has 0 amide bonds. The molecule has 0 aromatic heterocycles. The Kier molecular flexibility index (Phi) is 5.91. The van der Waals surface area contributed by atoms with Crippen molar-refractivity contribution in [3.8, 4) is 0 Å². The summed E-state index contributed by atoms with van der Waals surface area (Å²) in [5.74, 6) is -0.127. The van der Waals surface area contributed by atoms with E-state index in [-0.39, 0.29) is 62.7 Å². The number of carbonyl (C=O) groups excluding carboxylic acids is 1. The van der Waals surface area contributed by atoms with Crippen LogP contribution in [0.15, 0.2) is 18.2 Å². The van der Waals surface area contributed by atoms with E-state index in [2.05, 4.69) is 39.0 Å². The van der Waals surface area contributed by atoms with E-state index in [1.165, 1.54) is 16.7 Å². The predicted octanol–water partition coefficient (Wildman–Crippen LogP) is 0.574. The second-order valence-electron chi connectivity index (χ2n) is 8.14. The number of fused-ring (bicyclic) bond motifs is 3. The van der Waals surface area contributed by atoms with E-state index >= 15 is 0 Å². The van der Waals surface area contributed by atoms with Crippen molar-refractivity contribution in [2.24, 2.45) is 11.3 Å². The van der Waals surface area contributed by atoms with Crippen molar-refractivity contribution in [1.29, 1.82) is 0 Å². The van der Waals surface area contributed by atoms with Crippen LogP contribution in [0.3, 0.4) is 0 Å². The van der Waals surface area contributed by atoms with Gasteiger partial charge >= 0.3 is 51.4 Å². The van der Waals surface area contributed by atoms with Crippen LogP contribution in [-0.2, 0) is 16.6 Å². The monoisotopic (exact) mass is 338 g/mol. The summed E-state index contributed by atoms with van der Waals surface area (Å²) in [4.78, 5) is 11.8. The van der Waals surface area contributed by atoms with Gasteiger partial charge in [0, 0.05) is 11.4 Å². The molecular formula is C20H27KO2. The predicted molar refractivity (Wildman–Crippen MR) is 86.7 cm³/mol. The molecule has 1 fully saturated rings. The molecule has 0 N–H and O–H groups in total. The number of hydrogen-bond acceptors (Lipinski definition) is 2. The van der Waals surface area contributed by atoms with Gasteiger partial charge in [-0.2, -0.15) is 0 Å². The Morgan fingerprint density at radius 2 is 1.96 bits per heavy atom. The molecule has 0 heterocycles. The average Bonchev–Trinajstić information content (AvgIpc) is 2.46. The molecule has 0 bridgehead atoms. The second kappa shape index (κ2) is 6.91. The third-order valence-corrected chi connectivity index (χ3v) is 6.51. The molecule has 120 valence electrons. The molecule has 23 heavy (non-hydrogen) atoms. The van der Waals surface area contributed by atoms with Crippen LogP contribution >= 0.6 is 0 Å². The van der Waals surface area contributed by atoms with E-state index in [0.29, 0.717) is 5.92 Å². The third kappa shape index (κ3) is 3.13. The van der Waals surface area contributed by atoms with Gasteiger partial charge < -0.3 is 9.90 Å². The fraction of sp³-hybridized carbons (Fsp3) is 0.650. The Balaban J connectivity index is 0.00000192. The first-order valence-electron chi connectivity index (χ1n) is 8.64. The molecule has 0 aliphatic heterocycles. The normalized spacial score (nSPS) is 32.7. The van der Waals surface area contributed by atoms with Gasteiger partial charge in [-0.05, 0) is 59.6 Å². The van der Waals surface area contributed by atoms with E-state index in [0.717, 1.165) is 32.1 Å². The van der Waals surface area contributed by atoms with Crippen LogP contribution in [0, 0.1) is 11.3 Å². The first-order chi connectivity index (χ1) is 10.3. The first kappa shape index (κ1) is 19.6. The molecule has 2 nitrogen and oxygen atoms in total. The van der Waals surface area contributed by atoms with Gasteiger partial charge in [-0.25, -0.2) is 0 Å². The summed E-state index contributed by atoms with van der Waals surface area (Å²) in [5, 5.41) is 11.8. The van der Waals surface area contributed by atoms with Crippen molar-refractivity contribution in [2.45, 2.75) is 71.1 Å². The number of carbonyl (C=O) groups is 1. The van der Waals surface area contributed by atoms with Crippen LogP contribution in [0.4, 0.5) is 0 Å². The van der Waals surface area contributed by atoms with Crippen LogP contribution in [0.25, 0.3) is 0 Å². The Labute approximate surface area is 182 Å². The SMILES string of the molecule is CC(C)c1ccc2c(c1)CCC1C(C)(C(=O)[O-])CCCC21C.[K+]. The van der Waals surface area contributed by atoms with Crippen molar-refractivity contribution >= 4 is 5.97 Å². The number of rotatable bonds is 2. The fourth-order valence-electron chi connectivity index (χ4n) is 5.11. The number of carboxylic acids is 1. The smallest absolute Gasteiger partial charge is 0.550 e. The number of hydrogen-bond donors (Lipinski definition) is 0. The van der Waals surface area contributed by atoms with Gasteiger partial charge in [-0.3, -0.25) is 0 Å². The third-order valence-electron chi connectivity index (χ3n) is 6.51. The molecule has 1 saturated carbocycles. The second-order valence-corrected chi connectivity index (χ2v) is 8.14. The molecule has 3 unspecified atom stereocenters. The molecule has 3 rings (SSSR count). The Bertz CT molecular complexity index is 610. The average molecular weight is 339 g/mol. The van der Waals surface area contributed by atoms with Crippen LogP contribution in [0.1, 0.15) is 76.0 Å². The minimum Gasteiger partial charge on any atom is -0.550 e. The number of aliphatic carboxylic acids is 1. The molecule has 1 aromatic rings. The zero-order valence-electron chi connectivity index (χ0n) is 15.2. The zero-order valence-corrected chi connectivity index (χ0v) is 18.4. The van der Waals surface area contributed by atoms with Gasteiger partial charge in [-0.15, -0.1) is 0 Å². The molecule has 1 aromatic carbocycles. The summed E-state index contributed by atoms with van der Waals surface area (Å²) in [6.45, 7) is 8.65. The van der Waals surface area contributed by atoms with Crippen LogP contribution in [0.5, 0.6) is 0 Å². The maximum Gasteiger partial charge on any atom is 1.00 e. The first-order valence-corrected chi connectivity index (χ1v) is 8.64. The van der Waals surface area contributed by atoms with Gasteiger partial charge in [0.05, 0.1) is 0 Å². The standard InChI is InChI=1S/C20H28O2.K/c1-13(2)14-6-8-16-15(12-14)7-9-17-19(16,3)10-5-11-20(17,4)18(21)22;/h6,8,12-13,17H,5,7,9-11H2,1-4H3,(H,21,22);/q;+1/p-1. The van der Waals surface area contributed by atoms with Gasteiger partial charge in [-0.1, -0.05) is 52.3 Å². The zero-order chi connectivity index (χ0) is 16.1. The van der Waals surface area contributed by atoms with E-state index in [4.69, 9.17) is 0 Å². The topological polar surface area (TPSA) is 40.1 Å². The number of carboxylic acid groups (broad SMARTS) is 1. The Morgan fingerprint density at radius 1 is 1.26 bits per heavy atom. The number of benzene rings is 1. The Morgan fingerprint density at radius 3 is 2.57 bits per heavy atom. The summed E-state index contributed by atoms with van der Waals surface area (Å²) in [6, 6.07) is 6.87. The molecule has 2 aliphatic rings. The Hall–Kier alpha value is 0.326. The molecule has 3 heteroatoms. The maximum absolute atomic E-state index is 11.8. The quantitative estimate of drug-likeness (QED) is 0.740. The maximum atomic E-state index is 11.8. The molecule has 0 saturated heterocycles. The van der Waals surface area contributed by atoms with E-state index in [9.17, 15) is 9.90 Å². The molecule has 3 atom stereocenters. The minimum atomic E-state index is -0.856. The van der Waals surface area contributed by atoms with E-state index in [1.807, 2.05) is 6.92 Å². The summed E-state index contributed by atoms with van der Waals surface area (Å²) >= 11 is 0. The van der Waals surface area contributed by atoms with Gasteiger partial charge in [0.25, 0.3) is 0 Å². The number of aryl methyl sites for hydroxylation is 1. The van der Waals surface area contributed by atoms with Gasteiger partial charge in [0.15, 0.2) is 0 Å². The minimum absolute atomic E-state index is 0. The van der Waals surface area contributed by atoms with Crippen LogP contribution in [-0.4, -0.2) is 5.97 Å². The van der Waals surface area contributed by atoms with Crippen molar-refractivity contribution in [2.75, 3.05) is 0 Å². The van der Waals surface area contributed by atoms with Gasteiger partial charge in [0.2, 0.25) is 0 Å². The van der Waals surface area contributed by atoms with Crippen molar-refractivity contribution < 1.29 is 61.3 Å². The van der Waals surface area contributed by atoms with E-state index in [1.54, 1.807) is 0 Å². The van der Waals surface area contributed by atoms with Crippen molar-refractivity contribution in [3.05, 3.63) is 34.9 Å². The van der Waals surface area contributed by atoms with Crippen LogP contribution in [0.2, 0.25) is 0 Å². The van der Waals surface area contributed by atoms with E-state index < -0.39 is 11.4 Å². The van der Waals surface area contributed by atoms with Crippen LogP contribution < -0.4 is 56.5 Å². The summed E-state index contributed by atoms with van der Waals surface area (Å²) < 4.78 is 0. The van der Waals surface area contributed by atoms with Gasteiger partial charge in [0.1, 0.15) is 0 Å². The molecule has 2 aliphatic carbocycles. The summed E-state index contributed by atoms with van der Waals surface area (Å²) in [5.41, 5.74) is 3.52. The summed E-state index contributed by atoms with van der Waals surface area (Å²) in [7, 11) is 0. The molecule has 0 radical (unpaired) electrons. The fourth-order valence-corrected chi connectivity index (χ4v) is 5.11. The summed E-state index contributed by atoms with van der Waals surface area (Å²) in [6.07, 6.45) is 4.79. The van der Waals surface area contributed by atoms with Crippen molar-refractivity contribution in [3.63, 3.8) is 0 Å².